The number of nitrogens with two attached hydrogens (primary N) is 1. The lowest BCUT2D eigenvalue weighted by Gasteiger charge is -2.11. The monoisotopic (exact) mass is 465 g/mol. The van der Waals surface area contributed by atoms with Crippen LogP contribution in [0.3, 0.4) is 0 Å². The molecular weight excluding hydrogens is 437 g/mol. The number of carbonyl (C=O) groups is 1. The van der Waals surface area contributed by atoms with E-state index in [0.29, 0.717) is 12.2 Å². The molecule has 1 atom stereocenters. The molecule has 1 aromatic heterocycles. The SMILES string of the molecule is Cl.Cl.NCCO[C@@H](Cc1cn(CCCc2cccc(-c3ccccc3)c2)cn1)C(=O)O. The van der Waals surface area contributed by atoms with Crippen molar-refractivity contribution in [2.24, 2.45) is 5.73 Å². The summed E-state index contributed by atoms with van der Waals surface area (Å²) >= 11 is 0. The van der Waals surface area contributed by atoms with Crippen LogP contribution in [-0.4, -0.2) is 39.9 Å². The minimum atomic E-state index is -0.994. The molecule has 3 aromatic rings. The number of hydrogen-bond acceptors (Lipinski definition) is 4. The van der Waals surface area contributed by atoms with Crippen molar-refractivity contribution in [2.75, 3.05) is 13.2 Å². The van der Waals surface area contributed by atoms with Crippen LogP contribution in [0.1, 0.15) is 17.7 Å². The number of benzene rings is 2. The number of hydrogen-bond donors (Lipinski definition) is 2. The van der Waals surface area contributed by atoms with Gasteiger partial charge in [-0.2, -0.15) is 0 Å². The first-order valence-electron chi connectivity index (χ1n) is 9.85. The van der Waals surface area contributed by atoms with Crippen LogP contribution >= 0.6 is 24.8 Å². The lowest BCUT2D eigenvalue weighted by molar-refractivity contribution is -0.150. The number of halogens is 2. The Morgan fingerprint density at radius 2 is 1.84 bits per heavy atom. The van der Waals surface area contributed by atoms with Crippen molar-refractivity contribution in [3.63, 3.8) is 0 Å². The van der Waals surface area contributed by atoms with E-state index in [1.807, 2.05) is 16.8 Å². The van der Waals surface area contributed by atoms with Gasteiger partial charge in [0, 0.05) is 25.7 Å². The molecule has 0 fully saturated rings. The second-order valence-corrected chi connectivity index (χ2v) is 6.96. The minimum absolute atomic E-state index is 0. The number of rotatable bonds is 11. The predicted molar refractivity (Wildman–Crippen MR) is 127 cm³/mol. The number of aliphatic carboxylic acids is 1. The third kappa shape index (κ3) is 8.34. The van der Waals surface area contributed by atoms with Crippen LogP contribution in [0.25, 0.3) is 11.1 Å². The van der Waals surface area contributed by atoms with Gasteiger partial charge in [0.15, 0.2) is 6.10 Å². The highest BCUT2D eigenvalue weighted by Crippen LogP contribution is 2.20. The average Bonchev–Trinajstić information content (AvgIpc) is 3.19. The van der Waals surface area contributed by atoms with Gasteiger partial charge in [-0.15, -0.1) is 24.8 Å². The Bertz CT molecular complexity index is 919. The summed E-state index contributed by atoms with van der Waals surface area (Å²) in [6, 6.07) is 19.0. The fourth-order valence-corrected chi connectivity index (χ4v) is 3.25. The molecule has 3 N–H and O–H groups in total. The van der Waals surface area contributed by atoms with E-state index in [1.54, 1.807) is 6.33 Å². The van der Waals surface area contributed by atoms with Crippen LogP contribution in [0.15, 0.2) is 67.1 Å². The predicted octanol–water partition coefficient (Wildman–Crippen LogP) is 4.00. The van der Waals surface area contributed by atoms with Crippen molar-refractivity contribution in [1.29, 1.82) is 0 Å². The summed E-state index contributed by atoms with van der Waals surface area (Å²) in [4.78, 5) is 15.6. The van der Waals surface area contributed by atoms with Crippen molar-refractivity contribution in [3.05, 3.63) is 78.4 Å². The number of nitrogens with zero attached hydrogens (tertiary/aromatic N) is 2. The van der Waals surface area contributed by atoms with E-state index < -0.39 is 12.1 Å². The summed E-state index contributed by atoms with van der Waals surface area (Å²) in [5.41, 5.74) is 9.84. The molecule has 6 nitrogen and oxygen atoms in total. The van der Waals surface area contributed by atoms with Crippen LogP contribution in [0.5, 0.6) is 0 Å². The molecule has 2 aromatic carbocycles. The molecule has 1 heterocycles. The van der Waals surface area contributed by atoms with Gasteiger partial charge >= 0.3 is 5.97 Å². The van der Waals surface area contributed by atoms with E-state index in [9.17, 15) is 9.90 Å². The molecule has 168 valence electrons. The van der Waals surface area contributed by atoms with Crippen LogP contribution in [-0.2, 0) is 28.9 Å². The molecule has 0 aliphatic carbocycles. The summed E-state index contributed by atoms with van der Waals surface area (Å²) in [5, 5.41) is 9.24. The number of carboxylic acid groups (broad SMARTS) is 1. The van der Waals surface area contributed by atoms with Crippen molar-refractivity contribution >= 4 is 30.8 Å². The van der Waals surface area contributed by atoms with Crippen molar-refractivity contribution < 1.29 is 14.6 Å². The Balaban J connectivity index is 0.00000240. The smallest absolute Gasteiger partial charge is 0.333 e. The third-order valence-corrected chi connectivity index (χ3v) is 4.71. The van der Waals surface area contributed by atoms with Gasteiger partial charge in [0.05, 0.1) is 18.6 Å². The lowest BCUT2D eigenvalue weighted by atomic mass is 10.0. The van der Waals surface area contributed by atoms with Gasteiger partial charge in [0.2, 0.25) is 0 Å². The highest BCUT2D eigenvalue weighted by atomic mass is 35.5. The van der Waals surface area contributed by atoms with E-state index in [-0.39, 0.29) is 37.8 Å². The summed E-state index contributed by atoms with van der Waals surface area (Å²) in [5.74, 6) is -0.994. The van der Waals surface area contributed by atoms with Crippen molar-refractivity contribution in [1.82, 2.24) is 9.55 Å². The number of aromatic nitrogens is 2. The van der Waals surface area contributed by atoms with E-state index in [1.165, 1.54) is 16.7 Å². The Morgan fingerprint density at radius 1 is 1.10 bits per heavy atom. The van der Waals surface area contributed by atoms with Crippen LogP contribution in [0.2, 0.25) is 0 Å². The molecule has 0 unspecified atom stereocenters. The fraction of sp³-hybridized carbons (Fsp3) is 0.304. The Morgan fingerprint density at radius 3 is 2.55 bits per heavy atom. The van der Waals surface area contributed by atoms with Gasteiger partial charge in [-0.3, -0.25) is 0 Å². The minimum Gasteiger partial charge on any atom is -0.479 e. The molecule has 0 saturated heterocycles. The first-order chi connectivity index (χ1) is 14.2. The molecule has 0 aliphatic heterocycles. The summed E-state index contributed by atoms with van der Waals surface area (Å²) in [6.07, 6.45) is 4.90. The van der Waals surface area contributed by atoms with Gasteiger partial charge in [0.1, 0.15) is 0 Å². The van der Waals surface area contributed by atoms with Crippen LogP contribution in [0.4, 0.5) is 0 Å². The molecule has 3 rings (SSSR count). The molecule has 0 spiro atoms. The van der Waals surface area contributed by atoms with E-state index in [2.05, 4.69) is 53.5 Å². The number of aryl methyl sites for hydroxylation is 2. The highest BCUT2D eigenvalue weighted by Gasteiger charge is 2.19. The van der Waals surface area contributed by atoms with Gasteiger partial charge in [-0.1, -0.05) is 54.6 Å². The maximum Gasteiger partial charge on any atom is 0.333 e. The Hall–Kier alpha value is -2.38. The fourth-order valence-electron chi connectivity index (χ4n) is 3.25. The largest absolute Gasteiger partial charge is 0.479 e. The van der Waals surface area contributed by atoms with Crippen LogP contribution in [0, 0.1) is 0 Å². The topological polar surface area (TPSA) is 90.4 Å². The normalized spacial score (nSPS) is 11.3. The lowest BCUT2D eigenvalue weighted by Crippen LogP contribution is -2.28. The standard InChI is InChI=1S/C23H27N3O3.2ClH/c24-11-13-29-22(23(27)28)15-21-16-26(17-25-21)12-5-7-18-6-4-10-20(14-18)19-8-2-1-3-9-19;;/h1-4,6,8-10,14,16-17,22H,5,7,11-13,15,24H2,(H,27,28);2*1H/t22-;;/m0../s1. The second-order valence-electron chi connectivity index (χ2n) is 6.96. The number of ether oxygens (including phenoxy) is 1. The average molecular weight is 466 g/mol. The second kappa shape index (κ2) is 13.8. The van der Waals surface area contributed by atoms with Crippen molar-refractivity contribution in [2.45, 2.75) is 31.9 Å². The Kier molecular flexibility index (Phi) is 11.9. The molecule has 0 radical (unpaired) electrons. The van der Waals surface area contributed by atoms with Gasteiger partial charge in [-0.05, 0) is 29.5 Å². The zero-order valence-corrected chi connectivity index (χ0v) is 18.9. The van der Waals surface area contributed by atoms with E-state index >= 15 is 0 Å². The summed E-state index contributed by atoms with van der Waals surface area (Å²) in [6.45, 7) is 1.34. The first kappa shape index (κ1) is 26.7. The maximum atomic E-state index is 11.3. The van der Waals surface area contributed by atoms with Gasteiger partial charge in [0.25, 0.3) is 0 Å². The molecule has 31 heavy (non-hydrogen) atoms. The van der Waals surface area contributed by atoms with E-state index in [4.69, 9.17) is 10.5 Å². The molecular formula is C23H29Cl2N3O3. The highest BCUT2D eigenvalue weighted by molar-refractivity contribution is 5.85. The zero-order valence-electron chi connectivity index (χ0n) is 17.2. The summed E-state index contributed by atoms with van der Waals surface area (Å²) in [7, 11) is 0. The number of imidazole rings is 1. The molecule has 0 amide bonds. The first-order valence-corrected chi connectivity index (χ1v) is 9.85. The number of carboxylic acids is 1. The van der Waals surface area contributed by atoms with E-state index in [0.717, 1.165) is 19.4 Å². The van der Waals surface area contributed by atoms with Gasteiger partial charge in [-0.25, -0.2) is 9.78 Å². The van der Waals surface area contributed by atoms with Gasteiger partial charge < -0.3 is 20.1 Å². The van der Waals surface area contributed by atoms with Crippen LogP contribution < -0.4 is 5.73 Å². The quantitative estimate of drug-likeness (QED) is 0.446. The molecule has 8 heteroatoms. The molecule has 0 aliphatic rings. The third-order valence-electron chi connectivity index (χ3n) is 4.71. The summed E-state index contributed by atoms with van der Waals surface area (Å²) < 4.78 is 7.28. The maximum absolute atomic E-state index is 11.3. The van der Waals surface area contributed by atoms with Crippen molar-refractivity contribution in [3.8, 4) is 11.1 Å². The zero-order chi connectivity index (χ0) is 20.5. The molecule has 0 saturated carbocycles. The molecule has 0 bridgehead atoms. The Labute approximate surface area is 195 Å².